The van der Waals surface area contributed by atoms with Crippen molar-refractivity contribution in [2.75, 3.05) is 0 Å². The van der Waals surface area contributed by atoms with Crippen LogP contribution in [0.4, 0.5) is 0 Å². The fourth-order valence-corrected chi connectivity index (χ4v) is 3.11. The summed E-state index contributed by atoms with van der Waals surface area (Å²) in [6.45, 7) is 0. The molecule has 112 valence electrons. The van der Waals surface area contributed by atoms with Crippen LogP contribution in [0.1, 0.15) is 37.2 Å². The first-order valence-electron chi connectivity index (χ1n) is 7.59. The number of nitrogens with zero attached hydrogens (tertiary/aromatic N) is 5. The molecule has 4 rings (SSSR count). The van der Waals surface area contributed by atoms with E-state index in [1.807, 2.05) is 12.1 Å². The molecule has 1 aliphatic carbocycles. The van der Waals surface area contributed by atoms with E-state index in [0.717, 1.165) is 5.75 Å². The number of aromatic nitrogens is 5. The molecule has 22 heavy (non-hydrogen) atoms. The number of rotatable bonds is 3. The average Bonchev–Trinajstić information content (AvgIpc) is 3.19. The van der Waals surface area contributed by atoms with Crippen molar-refractivity contribution in [2.24, 2.45) is 7.05 Å². The highest BCUT2D eigenvalue weighted by atomic mass is 16.5. The van der Waals surface area contributed by atoms with Gasteiger partial charge in [-0.05, 0) is 36.5 Å². The second-order valence-electron chi connectivity index (χ2n) is 5.72. The smallest absolute Gasteiger partial charge is 0.252 e. The van der Waals surface area contributed by atoms with Gasteiger partial charge in [0.15, 0.2) is 11.2 Å². The molecule has 0 bridgehead atoms. The van der Waals surface area contributed by atoms with Crippen molar-refractivity contribution >= 4 is 11.2 Å². The maximum absolute atomic E-state index is 5.94. The Morgan fingerprint density at radius 3 is 2.91 bits per heavy atom. The standard InChI is InChI=1S/C16H17N5O/c1-21-15-14(19-20-21)16(18-10-17-15)22-13-8-4-7-12(9-13)11-5-2-3-6-11/h4,7-11H,2-3,5-6H2,1H3. The van der Waals surface area contributed by atoms with Gasteiger partial charge in [-0.25, -0.2) is 9.67 Å². The molecule has 0 saturated heterocycles. The van der Waals surface area contributed by atoms with Crippen LogP contribution in [-0.2, 0) is 7.05 Å². The van der Waals surface area contributed by atoms with E-state index in [1.54, 1.807) is 11.7 Å². The molecule has 2 aromatic heterocycles. The quantitative estimate of drug-likeness (QED) is 0.742. The van der Waals surface area contributed by atoms with Gasteiger partial charge in [0.05, 0.1) is 0 Å². The molecule has 0 unspecified atom stereocenters. The Bertz CT molecular complexity index is 807. The maximum atomic E-state index is 5.94. The van der Waals surface area contributed by atoms with E-state index in [0.29, 0.717) is 23.0 Å². The molecule has 0 N–H and O–H groups in total. The zero-order valence-electron chi connectivity index (χ0n) is 12.4. The first kappa shape index (κ1) is 13.2. The fraction of sp³-hybridized carbons (Fsp3) is 0.375. The van der Waals surface area contributed by atoms with Crippen LogP contribution in [0.25, 0.3) is 11.2 Å². The number of ether oxygens (including phenoxy) is 1. The van der Waals surface area contributed by atoms with E-state index in [2.05, 4.69) is 32.4 Å². The molecule has 0 amide bonds. The molecular weight excluding hydrogens is 278 g/mol. The summed E-state index contributed by atoms with van der Waals surface area (Å²) < 4.78 is 7.55. The zero-order valence-corrected chi connectivity index (χ0v) is 12.4. The SMILES string of the molecule is Cn1nnc2c(Oc3cccc(C4CCCC4)c3)ncnc21. The lowest BCUT2D eigenvalue weighted by Gasteiger charge is -2.11. The van der Waals surface area contributed by atoms with Crippen molar-refractivity contribution in [1.29, 1.82) is 0 Å². The molecule has 1 fully saturated rings. The number of fused-ring (bicyclic) bond motifs is 1. The van der Waals surface area contributed by atoms with E-state index < -0.39 is 0 Å². The van der Waals surface area contributed by atoms with Gasteiger partial charge in [0, 0.05) is 7.05 Å². The molecule has 1 saturated carbocycles. The molecule has 0 radical (unpaired) electrons. The average molecular weight is 295 g/mol. The highest BCUT2D eigenvalue weighted by Gasteiger charge is 2.18. The predicted octanol–water partition coefficient (Wildman–Crippen LogP) is 3.21. The van der Waals surface area contributed by atoms with Gasteiger partial charge in [-0.2, -0.15) is 4.98 Å². The Balaban J connectivity index is 1.66. The van der Waals surface area contributed by atoms with Crippen LogP contribution < -0.4 is 4.74 Å². The van der Waals surface area contributed by atoms with E-state index in [-0.39, 0.29) is 0 Å². The van der Waals surface area contributed by atoms with Gasteiger partial charge in [-0.1, -0.05) is 30.2 Å². The minimum Gasteiger partial charge on any atom is -0.437 e. The Kier molecular flexibility index (Phi) is 3.21. The lowest BCUT2D eigenvalue weighted by molar-refractivity contribution is 0.465. The predicted molar refractivity (Wildman–Crippen MR) is 81.8 cm³/mol. The van der Waals surface area contributed by atoms with Crippen molar-refractivity contribution in [1.82, 2.24) is 25.0 Å². The molecule has 6 heteroatoms. The zero-order chi connectivity index (χ0) is 14.9. The summed E-state index contributed by atoms with van der Waals surface area (Å²) in [5, 5.41) is 8.04. The summed E-state index contributed by atoms with van der Waals surface area (Å²) in [5.74, 6) is 1.89. The van der Waals surface area contributed by atoms with E-state index in [4.69, 9.17) is 4.74 Å². The summed E-state index contributed by atoms with van der Waals surface area (Å²) in [7, 11) is 1.80. The third kappa shape index (κ3) is 2.30. The summed E-state index contributed by atoms with van der Waals surface area (Å²) in [5.41, 5.74) is 2.59. The third-order valence-corrected chi connectivity index (χ3v) is 4.25. The van der Waals surface area contributed by atoms with Crippen molar-refractivity contribution in [3.8, 4) is 11.6 Å². The van der Waals surface area contributed by atoms with Crippen LogP contribution in [0.15, 0.2) is 30.6 Å². The summed E-state index contributed by atoms with van der Waals surface area (Å²) >= 11 is 0. The van der Waals surface area contributed by atoms with Gasteiger partial charge in [-0.3, -0.25) is 0 Å². The fourth-order valence-electron chi connectivity index (χ4n) is 3.11. The summed E-state index contributed by atoms with van der Waals surface area (Å²) in [4.78, 5) is 8.36. The molecule has 0 aliphatic heterocycles. The highest BCUT2D eigenvalue weighted by Crippen LogP contribution is 2.36. The Labute approximate surface area is 128 Å². The van der Waals surface area contributed by atoms with Crippen LogP contribution in [0.5, 0.6) is 11.6 Å². The lowest BCUT2D eigenvalue weighted by Crippen LogP contribution is -1.96. The molecule has 3 aromatic rings. The normalized spacial score (nSPS) is 15.5. The first-order chi connectivity index (χ1) is 10.8. The van der Waals surface area contributed by atoms with E-state index in [1.165, 1.54) is 37.6 Å². The van der Waals surface area contributed by atoms with Gasteiger partial charge in [0.25, 0.3) is 5.88 Å². The molecule has 1 aliphatic rings. The Morgan fingerprint density at radius 2 is 2.05 bits per heavy atom. The van der Waals surface area contributed by atoms with Crippen molar-refractivity contribution in [2.45, 2.75) is 31.6 Å². The van der Waals surface area contributed by atoms with Crippen LogP contribution in [-0.4, -0.2) is 25.0 Å². The van der Waals surface area contributed by atoms with Gasteiger partial charge < -0.3 is 4.74 Å². The van der Waals surface area contributed by atoms with Crippen LogP contribution in [0, 0.1) is 0 Å². The minimum atomic E-state index is 0.446. The van der Waals surface area contributed by atoms with E-state index >= 15 is 0 Å². The molecule has 2 heterocycles. The van der Waals surface area contributed by atoms with Crippen LogP contribution >= 0.6 is 0 Å². The molecule has 6 nitrogen and oxygen atoms in total. The maximum Gasteiger partial charge on any atom is 0.252 e. The van der Waals surface area contributed by atoms with Gasteiger partial charge >= 0.3 is 0 Å². The number of aryl methyl sites for hydroxylation is 1. The minimum absolute atomic E-state index is 0.446. The Hall–Kier alpha value is -2.50. The van der Waals surface area contributed by atoms with E-state index in [9.17, 15) is 0 Å². The molecule has 0 atom stereocenters. The van der Waals surface area contributed by atoms with Crippen LogP contribution in [0.3, 0.4) is 0 Å². The number of benzene rings is 1. The second-order valence-corrected chi connectivity index (χ2v) is 5.72. The first-order valence-corrected chi connectivity index (χ1v) is 7.59. The van der Waals surface area contributed by atoms with Crippen molar-refractivity contribution in [3.05, 3.63) is 36.2 Å². The topological polar surface area (TPSA) is 65.7 Å². The number of hydrogen-bond donors (Lipinski definition) is 0. The Morgan fingerprint density at radius 1 is 1.18 bits per heavy atom. The number of hydrogen-bond acceptors (Lipinski definition) is 5. The van der Waals surface area contributed by atoms with Gasteiger partial charge in [0.2, 0.25) is 0 Å². The van der Waals surface area contributed by atoms with Crippen LogP contribution in [0.2, 0.25) is 0 Å². The van der Waals surface area contributed by atoms with Crippen molar-refractivity contribution in [3.63, 3.8) is 0 Å². The molecule has 0 spiro atoms. The molecular formula is C16H17N5O. The second kappa shape index (κ2) is 5.36. The third-order valence-electron chi connectivity index (χ3n) is 4.25. The largest absolute Gasteiger partial charge is 0.437 e. The monoisotopic (exact) mass is 295 g/mol. The summed E-state index contributed by atoms with van der Waals surface area (Å²) in [6.07, 6.45) is 6.66. The van der Waals surface area contributed by atoms with Gasteiger partial charge in [-0.15, -0.1) is 5.10 Å². The highest BCUT2D eigenvalue weighted by molar-refractivity contribution is 5.75. The molecule has 1 aromatic carbocycles. The van der Waals surface area contributed by atoms with Crippen molar-refractivity contribution < 1.29 is 4.74 Å². The summed E-state index contributed by atoms with van der Waals surface area (Å²) in [6, 6.07) is 8.28. The lowest BCUT2D eigenvalue weighted by atomic mass is 9.98. The van der Waals surface area contributed by atoms with Gasteiger partial charge in [0.1, 0.15) is 12.1 Å².